The first-order chi connectivity index (χ1) is 13.1. The molecular weight excluding hydrogens is 381 g/mol. The summed E-state index contributed by atoms with van der Waals surface area (Å²) in [4.78, 5) is 12.0. The summed E-state index contributed by atoms with van der Waals surface area (Å²) in [7, 11) is -4.22. The van der Waals surface area contributed by atoms with Crippen LogP contribution in [0.15, 0.2) is 12.2 Å². The van der Waals surface area contributed by atoms with Gasteiger partial charge < -0.3 is 20.0 Å². The summed E-state index contributed by atoms with van der Waals surface area (Å²) in [5, 5.41) is 18.0. The Balaban J connectivity index is 1.55. The number of piperidine rings is 1. The van der Waals surface area contributed by atoms with Gasteiger partial charge in [0.15, 0.2) is 0 Å². The summed E-state index contributed by atoms with van der Waals surface area (Å²) < 4.78 is 21.6. The molecule has 162 valence electrons. The van der Waals surface area contributed by atoms with Crippen molar-refractivity contribution in [1.29, 1.82) is 0 Å². The van der Waals surface area contributed by atoms with Crippen molar-refractivity contribution in [2.75, 3.05) is 39.5 Å². The van der Waals surface area contributed by atoms with Gasteiger partial charge in [-0.2, -0.15) is 0 Å². The van der Waals surface area contributed by atoms with Gasteiger partial charge in [0.05, 0.1) is 19.8 Å². The molecule has 0 amide bonds. The standard InChI is InChI=1S/C20H36NO6P/c1-13(2)16-5-6-20(4)14(3)17-9-21(10-18(20)19(16)17)7-8-26-28(24,25)27-12-15(23)11-22/h13,15-19,22-23H,3,5-12H2,1-2,4H3,(H,24,25)/t15?,16-,17+,18+,19-,20+/m1/s1. The predicted octanol–water partition coefficient (Wildman–Crippen LogP) is 2.28. The zero-order valence-corrected chi connectivity index (χ0v) is 18.2. The smallest absolute Gasteiger partial charge is 0.394 e. The molecule has 7 atom stereocenters. The normalized spacial score (nSPS) is 38.6. The Labute approximate surface area is 168 Å². The van der Waals surface area contributed by atoms with E-state index in [1.165, 1.54) is 18.4 Å². The lowest BCUT2D eigenvalue weighted by Crippen LogP contribution is -2.50. The van der Waals surface area contributed by atoms with Crippen molar-refractivity contribution < 1.29 is 28.7 Å². The van der Waals surface area contributed by atoms with Crippen LogP contribution in [-0.2, 0) is 13.6 Å². The van der Waals surface area contributed by atoms with Crippen LogP contribution >= 0.6 is 7.82 Å². The fourth-order valence-corrected chi connectivity index (χ4v) is 6.65. The zero-order chi connectivity index (χ0) is 20.7. The summed E-state index contributed by atoms with van der Waals surface area (Å²) >= 11 is 0. The Morgan fingerprint density at radius 3 is 2.71 bits per heavy atom. The van der Waals surface area contributed by atoms with E-state index in [2.05, 4.69) is 32.3 Å². The average Bonchev–Trinajstić information content (AvgIpc) is 2.74. The molecule has 3 fully saturated rings. The number of phosphoric ester groups is 1. The number of aliphatic hydroxyl groups excluding tert-OH is 2. The molecule has 3 N–H and O–H groups in total. The number of nitrogens with zero attached hydrogens (tertiary/aromatic N) is 1. The number of phosphoric acid groups is 1. The molecule has 8 heteroatoms. The number of hydrogen-bond donors (Lipinski definition) is 3. The minimum Gasteiger partial charge on any atom is -0.394 e. The highest BCUT2D eigenvalue weighted by Gasteiger charge is 2.60. The van der Waals surface area contributed by atoms with Crippen molar-refractivity contribution in [3.05, 3.63) is 12.2 Å². The molecule has 0 aromatic carbocycles. The van der Waals surface area contributed by atoms with Gasteiger partial charge in [-0.05, 0) is 47.8 Å². The van der Waals surface area contributed by atoms with E-state index < -0.39 is 27.1 Å². The maximum absolute atomic E-state index is 11.9. The van der Waals surface area contributed by atoms with Crippen molar-refractivity contribution in [2.45, 2.75) is 39.7 Å². The van der Waals surface area contributed by atoms with E-state index >= 15 is 0 Å². The van der Waals surface area contributed by atoms with Gasteiger partial charge >= 0.3 is 7.82 Å². The van der Waals surface area contributed by atoms with E-state index in [9.17, 15) is 14.6 Å². The first-order valence-electron chi connectivity index (χ1n) is 10.4. The molecule has 0 spiro atoms. The van der Waals surface area contributed by atoms with Crippen LogP contribution in [0.3, 0.4) is 0 Å². The quantitative estimate of drug-likeness (QED) is 0.391. The highest BCUT2D eigenvalue weighted by atomic mass is 31.2. The van der Waals surface area contributed by atoms with Crippen LogP contribution in [0.5, 0.6) is 0 Å². The molecule has 0 radical (unpaired) electrons. The largest absolute Gasteiger partial charge is 0.472 e. The number of hydrogen-bond acceptors (Lipinski definition) is 6. The highest BCUT2D eigenvalue weighted by molar-refractivity contribution is 7.47. The van der Waals surface area contributed by atoms with Crippen molar-refractivity contribution in [2.24, 2.45) is 35.0 Å². The minimum atomic E-state index is -4.22. The van der Waals surface area contributed by atoms with Crippen LogP contribution in [0.2, 0.25) is 0 Å². The Hall–Kier alpha value is -0.270. The molecule has 0 aromatic rings. The molecule has 7 nitrogen and oxygen atoms in total. The van der Waals surface area contributed by atoms with Gasteiger partial charge in [0, 0.05) is 19.6 Å². The SMILES string of the molecule is C=C1[C@@H]2CN(CCOP(=O)(O)OCC(O)CO)C[C@H]3[C@@H]2[C@@H](C(C)C)CC[C@@]13C. The van der Waals surface area contributed by atoms with Gasteiger partial charge in [0.1, 0.15) is 6.10 Å². The molecule has 4 bridgehead atoms. The molecular formula is C20H36NO6P. The average molecular weight is 417 g/mol. The van der Waals surface area contributed by atoms with Crippen LogP contribution in [0.1, 0.15) is 33.6 Å². The number of aliphatic hydroxyl groups is 2. The van der Waals surface area contributed by atoms with Crippen molar-refractivity contribution >= 4 is 7.82 Å². The molecule has 2 saturated carbocycles. The summed E-state index contributed by atoms with van der Waals surface area (Å²) in [5.74, 6) is 3.24. The van der Waals surface area contributed by atoms with Crippen molar-refractivity contribution in [1.82, 2.24) is 4.90 Å². The van der Waals surface area contributed by atoms with Gasteiger partial charge in [0.2, 0.25) is 0 Å². The minimum absolute atomic E-state index is 0.0872. The first kappa shape index (κ1) is 22.4. The predicted molar refractivity (Wildman–Crippen MR) is 107 cm³/mol. The van der Waals surface area contributed by atoms with E-state index in [0.29, 0.717) is 30.2 Å². The third kappa shape index (κ3) is 4.27. The van der Waals surface area contributed by atoms with Gasteiger partial charge in [-0.1, -0.05) is 32.9 Å². The van der Waals surface area contributed by atoms with E-state index in [1.54, 1.807) is 0 Å². The molecule has 28 heavy (non-hydrogen) atoms. The maximum Gasteiger partial charge on any atom is 0.472 e. The molecule has 1 heterocycles. The fourth-order valence-electron chi connectivity index (χ4n) is 5.90. The zero-order valence-electron chi connectivity index (χ0n) is 17.3. The molecule has 1 saturated heterocycles. The second-order valence-corrected chi connectivity index (χ2v) is 10.8. The second-order valence-electron chi connectivity index (χ2n) is 9.37. The topological polar surface area (TPSA) is 99.5 Å². The summed E-state index contributed by atoms with van der Waals surface area (Å²) in [6, 6.07) is 0. The highest BCUT2D eigenvalue weighted by Crippen LogP contribution is 2.65. The molecule has 2 aliphatic carbocycles. The summed E-state index contributed by atoms with van der Waals surface area (Å²) in [5.41, 5.74) is 1.62. The Kier molecular flexibility index (Phi) is 6.77. The molecule has 2 unspecified atom stereocenters. The molecule has 3 aliphatic rings. The molecule has 0 aromatic heterocycles. The molecule has 3 rings (SSSR count). The van der Waals surface area contributed by atoms with E-state index in [0.717, 1.165) is 19.0 Å². The van der Waals surface area contributed by atoms with Gasteiger partial charge in [-0.25, -0.2) is 4.57 Å². The van der Waals surface area contributed by atoms with Crippen LogP contribution in [0.4, 0.5) is 0 Å². The van der Waals surface area contributed by atoms with Crippen LogP contribution in [0.25, 0.3) is 0 Å². The van der Waals surface area contributed by atoms with E-state index in [4.69, 9.17) is 14.2 Å². The van der Waals surface area contributed by atoms with Crippen molar-refractivity contribution in [3.8, 4) is 0 Å². The Bertz CT molecular complexity index is 628. The maximum atomic E-state index is 11.9. The second kappa shape index (κ2) is 8.46. The third-order valence-corrected chi connectivity index (χ3v) is 8.47. The number of rotatable bonds is 9. The summed E-state index contributed by atoms with van der Waals surface area (Å²) in [6.45, 7) is 13.1. The van der Waals surface area contributed by atoms with E-state index in [-0.39, 0.29) is 12.0 Å². The first-order valence-corrected chi connectivity index (χ1v) is 11.9. The Morgan fingerprint density at radius 1 is 1.36 bits per heavy atom. The third-order valence-electron chi connectivity index (χ3n) is 7.49. The van der Waals surface area contributed by atoms with Crippen molar-refractivity contribution in [3.63, 3.8) is 0 Å². The van der Waals surface area contributed by atoms with Crippen LogP contribution in [-0.4, -0.2) is 65.6 Å². The lowest BCUT2D eigenvalue weighted by atomic mass is 9.60. The monoisotopic (exact) mass is 417 g/mol. The fraction of sp³-hybridized carbons (Fsp3) is 0.900. The van der Waals surface area contributed by atoms with E-state index in [1.807, 2.05) is 0 Å². The lowest BCUT2D eigenvalue weighted by Gasteiger charge is -2.49. The van der Waals surface area contributed by atoms with Gasteiger partial charge in [0.25, 0.3) is 0 Å². The van der Waals surface area contributed by atoms with Gasteiger partial charge in [-0.3, -0.25) is 9.05 Å². The lowest BCUT2D eigenvalue weighted by molar-refractivity contribution is -0.0125. The summed E-state index contributed by atoms with van der Waals surface area (Å²) in [6.07, 6.45) is 1.31. The van der Waals surface area contributed by atoms with Crippen LogP contribution in [0, 0.1) is 35.0 Å². The Morgan fingerprint density at radius 2 is 2.07 bits per heavy atom. The molecule has 1 aliphatic heterocycles. The van der Waals surface area contributed by atoms with Gasteiger partial charge in [-0.15, -0.1) is 0 Å². The number of likely N-dealkylation sites (tertiary alicyclic amines) is 1. The van der Waals surface area contributed by atoms with Crippen LogP contribution < -0.4 is 0 Å².